The van der Waals surface area contributed by atoms with Crippen LogP contribution < -0.4 is 5.32 Å². The summed E-state index contributed by atoms with van der Waals surface area (Å²) in [7, 11) is -4.70. The summed E-state index contributed by atoms with van der Waals surface area (Å²) in [5, 5.41) is 21.0. The number of aliphatic hydroxyl groups is 1. The Labute approximate surface area is 201 Å². The molecule has 0 aromatic rings. The van der Waals surface area contributed by atoms with Crippen molar-refractivity contribution in [3.63, 3.8) is 0 Å². The molecule has 3 atom stereocenters. The van der Waals surface area contributed by atoms with Crippen molar-refractivity contribution in [2.24, 2.45) is 0 Å². The summed E-state index contributed by atoms with van der Waals surface area (Å²) in [5.41, 5.74) is 0. The van der Waals surface area contributed by atoms with Crippen molar-refractivity contribution < 1.29 is 47.8 Å². The van der Waals surface area contributed by atoms with Crippen molar-refractivity contribution >= 4 is 25.7 Å². The first kappa shape index (κ1) is 32.2. The van der Waals surface area contributed by atoms with Crippen molar-refractivity contribution in [2.45, 2.75) is 90.2 Å². The minimum Gasteiger partial charge on any atom is -0.480 e. The zero-order chi connectivity index (χ0) is 25.8. The number of hydrogen-bond acceptors (Lipinski definition) is 8. The monoisotopic (exact) mass is 509 g/mol. The van der Waals surface area contributed by atoms with Crippen LogP contribution in [0.3, 0.4) is 0 Å². The van der Waals surface area contributed by atoms with Crippen LogP contribution >= 0.6 is 7.82 Å². The lowest BCUT2D eigenvalue weighted by atomic mass is 10.1. The molecule has 0 aliphatic carbocycles. The average Bonchev–Trinajstić information content (AvgIpc) is 2.77. The number of unbranched alkanes of at least 4 members (excludes halogenated alkanes) is 7. The molecule has 11 nitrogen and oxygen atoms in total. The number of amides is 1. The van der Waals surface area contributed by atoms with E-state index in [1.807, 2.05) is 0 Å². The number of phosphoric acid groups is 1. The van der Waals surface area contributed by atoms with Gasteiger partial charge in [-0.05, 0) is 25.7 Å². The summed E-state index contributed by atoms with van der Waals surface area (Å²) in [5.74, 6) is -2.58. The molecule has 0 bridgehead atoms. The van der Waals surface area contributed by atoms with Crippen LogP contribution in [-0.2, 0) is 32.7 Å². The van der Waals surface area contributed by atoms with Gasteiger partial charge in [0.25, 0.3) is 0 Å². The van der Waals surface area contributed by atoms with Gasteiger partial charge in [-0.2, -0.15) is 0 Å². The molecule has 0 heterocycles. The number of esters is 1. The van der Waals surface area contributed by atoms with Gasteiger partial charge in [-0.15, -0.1) is 0 Å². The molecule has 0 radical (unpaired) electrons. The first-order valence-electron chi connectivity index (χ1n) is 11.7. The van der Waals surface area contributed by atoms with Gasteiger partial charge in [0.2, 0.25) is 5.91 Å². The van der Waals surface area contributed by atoms with Crippen molar-refractivity contribution in [1.29, 1.82) is 0 Å². The number of rotatable bonds is 21. The molecule has 0 fully saturated rings. The number of aliphatic carboxylic acids is 1. The Morgan fingerprint density at radius 3 is 2.15 bits per heavy atom. The van der Waals surface area contributed by atoms with E-state index in [4.69, 9.17) is 0 Å². The maximum absolute atomic E-state index is 12.0. The molecule has 0 aromatic heterocycles. The van der Waals surface area contributed by atoms with Crippen molar-refractivity contribution in [2.75, 3.05) is 19.8 Å². The molecule has 0 saturated heterocycles. The quantitative estimate of drug-likeness (QED) is 0.0780. The number of carbonyl (C=O) groups excluding carboxylic acids is 2. The molecule has 1 amide bonds. The van der Waals surface area contributed by atoms with Gasteiger partial charge in [0.1, 0.15) is 12.7 Å². The SMILES string of the molecule is CCCC/C=C\CCCCCCCC(=O)NC(COP(=O)(O)OCC(O)COC(C)=O)C(=O)O. The van der Waals surface area contributed by atoms with Gasteiger partial charge in [0, 0.05) is 13.3 Å². The third-order valence-corrected chi connectivity index (χ3v) is 5.56. The van der Waals surface area contributed by atoms with Crippen LogP contribution in [-0.4, -0.2) is 64.9 Å². The van der Waals surface area contributed by atoms with E-state index in [1.165, 1.54) is 12.8 Å². The lowest BCUT2D eigenvalue weighted by molar-refractivity contribution is -0.144. The molecule has 4 N–H and O–H groups in total. The van der Waals surface area contributed by atoms with Crippen LogP contribution in [0, 0.1) is 0 Å². The fraction of sp³-hybridized carbons (Fsp3) is 0.773. The molecule has 198 valence electrons. The summed E-state index contributed by atoms with van der Waals surface area (Å²) in [6.45, 7) is 1.36. The van der Waals surface area contributed by atoms with E-state index in [0.717, 1.165) is 45.4 Å². The fourth-order valence-corrected chi connectivity index (χ4v) is 3.50. The van der Waals surface area contributed by atoms with Gasteiger partial charge < -0.3 is 25.2 Å². The molecule has 34 heavy (non-hydrogen) atoms. The van der Waals surface area contributed by atoms with Gasteiger partial charge >= 0.3 is 19.8 Å². The van der Waals surface area contributed by atoms with Gasteiger partial charge in [0.15, 0.2) is 6.04 Å². The Hall–Kier alpha value is -1.78. The van der Waals surface area contributed by atoms with Gasteiger partial charge in [-0.25, -0.2) is 9.36 Å². The Morgan fingerprint density at radius 1 is 0.941 bits per heavy atom. The molecule has 3 unspecified atom stereocenters. The first-order chi connectivity index (χ1) is 16.1. The van der Waals surface area contributed by atoms with E-state index < -0.39 is 57.6 Å². The highest BCUT2D eigenvalue weighted by Crippen LogP contribution is 2.43. The summed E-state index contributed by atoms with van der Waals surface area (Å²) >= 11 is 0. The molecule has 0 spiro atoms. The molecular formula is C22H40NO10P. The van der Waals surface area contributed by atoms with Gasteiger partial charge in [0.05, 0.1) is 13.2 Å². The molecule has 0 aliphatic heterocycles. The number of hydrogen-bond donors (Lipinski definition) is 4. The van der Waals surface area contributed by atoms with E-state index in [9.17, 15) is 34.1 Å². The van der Waals surface area contributed by atoms with E-state index in [1.54, 1.807) is 0 Å². The highest BCUT2D eigenvalue weighted by atomic mass is 31.2. The molecule has 0 aliphatic rings. The normalized spacial score (nSPS) is 14.9. The van der Waals surface area contributed by atoms with Crippen molar-refractivity contribution in [3.05, 3.63) is 12.2 Å². The summed E-state index contributed by atoms with van der Waals surface area (Å²) < 4.78 is 25.5. The molecular weight excluding hydrogens is 469 g/mol. The minimum absolute atomic E-state index is 0.135. The van der Waals surface area contributed by atoms with Crippen molar-refractivity contribution in [1.82, 2.24) is 5.32 Å². The number of aliphatic hydroxyl groups excluding tert-OH is 1. The number of carboxylic acids is 1. The zero-order valence-corrected chi connectivity index (χ0v) is 21.0. The summed E-state index contributed by atoms with van der Waals surface area (Å²) in [4.78, 5) is 43.6. The third kappa shape index (κ3) is 19.7. The lowest BCUT2D eigenvalue weighted by Gasteiger charge is -2.18. The Morgan fingerprint density at radius 2 is 1.53 bits per heavy atom. The van der Waals surface area contributed by atoms with Crippen LogP contribution in [0.15, 0.2) is 12.2 Å². The van der Waals surface area contributed by atoms with E-state index >= 15 is 0 Å². The number of nitrogens with one attached hydrogen (secondary N) is 1. The highest BCUT2D eigenvalue weighted by Gasteiger charge is 2.28. The van der Waals surface area contributed by atoms with Crippen LogP contribution in [0.5, 0.6) is 0 Å². The number of phosphoric ester groups is 1. The van der Waals surface area contributed by atoms with Crippen LogP contribution in [0.1, 0.15) is 78.1 Å². The number of carboxylic acid groups (broad SMARTS) is 1. The largest absolute Gasteiger partial charge is 0.480 e. The lowest BCUT2D eigenvalue weighted by Crippen LogP contribution is -2.43. The smallest absolute Gasteiger partial charge is 0.472 e. The second-order valence-electron chi connectivity index (χ2n) is 7.89. The standard InChI is InChI=1S/C22H40NO10P/c1-3-4-5-6-7-8-9-10-11-12-13-14-21(26)23-20(22(27)28)17-33-34(29,30)32-16-19(25)15-31-18(2)24/h6-7,19-20,25H,3-5,8-17H2,1-2H3,(H,23,26)(H,27,28)(H,29,30)/b7-6-. The second kappa shape index (κ2) is 19.5. The summed E-state index contributed by atoms with van der Waals surface area (Å²) in [6, 6.07) is -1.54. The van der Waals surface area contributed by atoms with Crippen molar-refractivity contribution in [3.8, 4) is 0 Å². The Balaban J connectivity index is 4.10. The van der Waals surface area contributed by atoms with Crippen LogP contribution in [0.4, 0.5) is 0 Å². The van der Waals surface area contributed by atoms with E-state index in [-0.39, 0.29) is 6.42 Å². The first-order valence-corrected chi connectivity index (χ1v) is 13.2. The molecule has 0 aromatic carbocycles. The van der Waals surface area contributed by atoms with Gasteiger partial charge in [-0.1, -0.05) is 51.2 Å². The van der Waals surface area contributed by atoms with Gasteiger partial charge in [-0.3, -0.25) is 18.6 Å². The molecule has 0 rings (SSSR count). The Bertz CT molecular complexity index is 670. The number of carbonyl (C=O) groups is 3. The zero-order valence-electron chi connectivity index (χ0n) is 20.1. The maximum atomic E-state index is 12.0. The Kier molecular flexibility index (Phi) is 18.5. The van der Waals surface area contributed by atoms with Crippen LogP contribution in [0.25, 0.3) is 0 Å². The summed E-state index contributed by atoms with van der Waals surface area (Å²) in [6.07, 6.45) is 12.4. The average molecular weight is 510 g/mol. The third-order valence-electron chi connectivity index (χ3n) is 4.61. The molecule has 12 heteroatoms. The van der Waals surface area contributed by atoms with E-state index in [0.29, 0.717) is 6.42 Å². The van der Waals surface area contributed by atoms with E-state index in [2.05, 4.69) is 38.2 Å². The number of allylic oxidation sites excluding steroid dienone is 2. The molecule has 0 saturated carbocycles. The maximum Gasteiger partial charge on any atom is 0.472 e. The highest BCUT2D eigenvalue weighted by molar-refractivity contribution is 7.47. The fourth-order valence-electron chi connectivity index (χ4n) is 2.72. The second-order valence-corrected chi connectivity index (χ2v) is 9.35. The predicted octanol–water partition coefficient (Wildman–Crippen LogP) is 3.09. The minimum atomic E-state index is -4.70. The topological polar surface area (TPSA) is 169 Å². The number of ether oxygens (including phenoxy) is 1. The van der Waals surface area contributed by atoms with Crippen LogP contribution in [0.2, 0.25) is 0 Å². The predicted molar refractivity (Wildman–Crippen MR) is 125 cm³/mol.